The predicted molar refractivity (Wildman–Crippen MR) is 156 cm³/mol. The Morgan fingerprint density at radius 3 is 1.54 bits per heavy atom. The third kappa shape index (κ3) is 12.8. The number of carbonyl (C=O) groups is 2. The fraction of sp³-hybridized carbons (Fsp3) is 0.688. The monoisotopic (exact) mass is 548 g/mol. The molecule has 0 spiro atoms. The van der Waals surface area contributed by atoms with E-state index in [4.69, 9.17) is 18.9 Å². The van der Waals surface area contributed by atoms with Gasteiger partial charge in [-0.3, -0.25) is 0 Å². The van der Waals surface area contributed by atoms with E-state index in [1.165, 1.54) is 6.08 Å². The molecule has 1 aromatic carbocycles. The lowest BCUT2D eigenvalue weighted by Gasteiger charge is -2.17. The number of carbonyl (C=O) groups excluding carboxylic acids is 2. The first-order valence-electron chi connectivity index (χ1n) is 15.0. The molecule has 0 bridgehead atoms. The Balaban J connectivity index is 3.33. The number of unbranched alkanes of at least 4 members (excludes halogenated alkanes) is 2. The van der Waals surface area contributed by atoms with Gasteiger partial charge in [-0.1, -0.05) is 80.1 Å². The molecule has 0 saturated carbocycles. The smallest absolute Gasteiger partial charge is 0.345 e. The SMILES string of the molecule is CCCCC(CC)COC(=O)C(=Cc1cc(OCCC)c(O)c(OCCC)c1)C(=O)OCC(CC)CCCC. The first-order valence-corrected chi connectivity index (χ1v) is 15.0. The number of rotatable bonds is 21. The molecule has 2 unspecified atom stereocenters. The summed E-state index contributed by atoms with van der Waals surface area (Å²) in [4.78, 5) is 26.5. The second kappa shape index (κ2) is 20.2. The molecule has 0 aliphatic rings. The molecule has 7 heteroatoms. The van der Waals surface area contributed by atoms with E-state index in [1.807, 2.05) is 13.8 Å². The van der Waals surface area contributed by atoms with E-state index in [9.17, 15) is 14.7 Å². The summed E-state index contributed by atoms with van der Waals surface area (Å²) in [5, 5.41) is 10.7. The van der Waals surface area contributed by atoms with Gasteiger partial charge in [0.1, 0.15) is 5.57 Å². The predicted octanol–water partition coefficient (Wildman–Crippen LogP) is 7.87. The zero-order valence-corrected chi connectivity index (χ0v) is 25.2. The van der Waals surface area contributed by atoms with Crippen molar-refractivity contribution in [3.8, 4) is 17.2 Å². The van der Waals surface area contributed by atoms with E-state index in [-0.39, 0.29) is 47.9 Å². The van der Waals surface area contributed by atoms with Crippen LogP contribution in [-0.2, 0) is 19.1 Å². The van der Waals surface area contributed by atoms with Gasteiger partial charge in [0.2, 0.25) is 5.75 Å². The summed E-state index contributed by atoms with van der Waals surface area (Å²) in [6, 6.07) is 3.19. The molecule has 1 N–H and O–H groups in total. The summed E-state index contributed by atoms with van der Waals surface area (Å²) in [5.74, 6) is -0.594. The van der Waals surface area contributed by atoms with Crippen molar-refractivity contribution in [2.24, 2.45) is 11.8 Å². The Labute approximate surface area is 236 Å². The van der Waals surface area contributed by atoms with Crippen LogP contribution in [0.5, 0.6) is 17.2 Å². The van der Waals surface area contributed by atoms with E-state index in [2.05, 4.69) is 27.7 Å². The normalized spacial score (nSPS) is 12.4. The molecule has 0 saturated heterocycles. The van der Waals surface area contributed by atoms with Crippen LogP contribution in [0.1, 0.15) is 111 Å². The number of phenolic OH excluding ortho intramolecular Hbond substituents is 1. The molecular formula is C32H52O7. The highest BCUT2D eigenvalue weighted by Gasteiger charge is 2.25. The van der Waals surface area contributed by atoms with Crippen LogP contribution in [0.25, 0.3) is 6.08 Å². The fourth-order valence-electron chi connectivity index (χ4n) is 4.04. The lowest BCUT2D eigenvalue weighted by Crippen LogP contribution is -2.23. The van der Waals surface area contributed by atoms with Crippen molar-refractivity contribution >= 4 is 18.0 Å². The Morgan fingerprint density at radius 2 is 1.18 bits per heavy atom. The maximum atomic E-state index is 13.2. The fourth-order valence-corrected chi connectivity index (χ4v) is 4.04. The first-order chi connectivity index (χ1) is 18.8. The third-order valence-corrected chi connectivity index (χ3v) is 6.72. The van der Waals surface area contributed by atoms with E-state index >= 15 is 0 Å². The van der Waals surface area contributed by atoms with Crippen molar-refractivity contribution in [2.45, 2.75) is 106 Å². The maximum Gasteiger partial charge on any atom is 0.345 e. The van der Waals surface area contributed by atoms with Crippen molar-refractivity contribution in [1.82, 2.24) is 0 Å². The van der Waals surface area contributed by atoms with Crippen LogP contribution in [0, 0.1) is 11.8 Å². The number of ether oxygens (including phenoxy) is 4. The number of hydrogen-bond acceptors (Lipinski definition) is 7. The molecule has 0 aliphatic carbocycles. The number of esters is 2. The topological polar surface area (TPSA) is 91.3 Å². The minimum absolute atomic E-state index is 0.107. The number of hydrogen-bond donors (Lipinski definition) is 1. The molecule has 0 aliphatic heterocycles. The van der Waals surface area contributed by atoms with Crippen molar-refractivity contribution < 1.29 is 33.6 Å². The molecule has 2 atom stereocenters. The average molecular weight is 549 g/mol. The van der Waals surface area contributed by atoms with Gasteiger partial charge < -0.3 is 24.1 Å². The summed E-state index contributed by atoms with van der Waals surface area (Å²) < 4.78 is 22.7. The van der Waals surface area contributed by atoms with Gasteiger partial charge in [-0.15, -0.1) is 0 Å². The molecule has 1 rings (SSSR count). The van der Waals surface area contributed by atoms with Gasteiger partial charge in [-0.05, 0) is 61.3 Å². The molecule has 0 fully saturated rings. The number of aromatic hydroxyl groups is 1. The summed E-state index contributed by atoms with van der Waals surface area (Å²) in [5.41, 5.74) is 0.296. The molecule has 1 aromatic rings. The zero-order valence-electron chi connectivity index (χ0n) is 25.2. The van der Waals surface area contributed by atoms with Gasteiger partial charge in [0.15, 0.2) is 11.5 Å². The number of benzene rings is 1. The zero-order chi connectivity index (χ0) is 29.0. The quantitative estimate of drug-likeness (QED) is 0.0723. The van der Waals surface area contributed by atoms with Crippen molar-refractivity contribution in [3.63, 3.8) is 0 Å². The molecule has 7 nitrogen and oxygen atoms in total. The molecule has 0 heterocycles. The minimum atomic E-state index is -0.711. The highest BCUT2D eigenvalue weighted by atomic mass is 16.6. The molecule has 222 valence electrons. The van der Waals surface area contributed by atoms with Crippen LogP contribution < -0.4 is 9.47 Å². The van der Waals surface area contributed by atoms with Gasteiger partial charge in [0, 0.05) is 0 Å². The third-order valence-electron chi connectivity index (χ3n) is 6.72. The molecular weight excluding hydrogens is 496 g/mol. The lowest BCUT2D eigenvalue weighted by atomic mass is 10.0. The lowest BCUT2D eigenvalue weighted by molar-refractivity contribution is -0.148. The Morgan fingerprint density at radius 1 is 0.744 bits per heavy atom. The highest BCUT2D eigenvalue weighted by Crippen LogP contribution is 2.38. The van der Waals surface area contributed by atoms with Crippen LogP contribution >= 0.6 is 0 Å². The van der Waals surface area contributed by atoms with Gasteiger partial charge in [-0.25, -0.2) is 9.59 Å². The summed E-state index contributed by atoms with van der Waals surface area (Å²) >= 11 is 0. The highest BCUT2D eigenvalue weighted by molar-refractivity contribution is 6.17. The van der Waals surface area contributed by atoms with Gasteiger partial charge in [0.25, 0.3) is 0 Å². The van der Waals surface area contributed by atoms with E-state index in [0.29, 0.717) is 18.8 Å². The number of phenols is 1. The second-order valence-corrected chi connectivity index (χ2v) is 10.2. The molecule has 0 radical (unpaired) electrons. The van der Waals surface area contributed by atoms with Crippen molar-refractivity contribution in [2.75, 3.05) is 26.4 Å². The van der Waals surface area contributed by atoms with Crippen LogP contribution in [0.4, 0.5) is 0 Å². The Kier molecular flexibility index (Phi) is 17.8. The molecule has 39 heavy (non-hydrogen) atoms. The average Bonchev–Trinajstić information content (AvgIpc) is 2.94. The van der Waals surface area contributed by atoms with Crippen LogP contribution in [-0.4, -0.2) is 43.5 Å². The van der Waals surface area contributed by atoms with E-state index < -0.39 is 11.9 Å². The van der Waals surface area contributed by atoms with Crippen molar-refractivity contribution in [1.29, 1.82) is 0 Å². The molecule has 0 aromatic heterocycles. The molecule has 0 amide bonds. The standard InChI is InChI=1S/C32H52O7/c1-7-13-15-24(11-5)22-38-31(34)27(32(35)39-23-25(12-6)16-14-8-2)19-26-20-28(36-17-9-3)30(33)29(21-26)37-18-10-4/h19-21,24-25,33H,7-18,22-23H2,1-6H3. The van der Waals surface area contributed by atoms with Crippen LogP contribution in [0.15, 0.2) is 17.7 Å². The Bertz CT molecular complexity index is 814. The Hall–Kier alpha value is -2.70. The van der Waals surface area contributed by atoms with E-state index in [1.54, 1.807) is 12.1 Å². The van der Waals surface area contributed by atoms with Gasteiger partial charge in [0.05, 0.1) is 26.4 Å². The largest absolute Gasteiger partial charge is 0.502 e. The first kappa shape index (κ1) is 34.3. The summed E-state index contributed by atoms with van der Waals surface area (Å²) in [6.07, 6.45) is 10.9. The van der Waals surface area contributed by atoms with Crippen LogP contribution in [0.3, 0.4) is 0 Å². The van der Waals surface area contributed by atoms with Crippen molar-refractivity contribution in [3.05, 3.63) is 23.3 Å². The maximum absolute atomic E-state index is 13.2. The second-order valence-electron chi connectivity index (χ2n) is 10.2. The van der Waals surface area contributed by atoms with Gasteiger partial charge in [-0.2, -0.15) is 0 Å². The van der Waals surface area contributed by atoms with E-state index in [0.717, 1.165) is 64.2 Å². The minimum Gasteiger partial charge on any atom is -0.502 e. The summed E-state index contributed by atoms with van der Waals surface area (Å²) in [6.45, 7) is 13.6. The summed E-state index contributed by atoms with van der Waals surface area (Å²) in [7, 11) is 0. The van der Waals surface area contributed by atoms with Crippen LogP contribution in [0.2, 0.25) is 0 Å². The van der Waals surface area contributed by atoms with Gasteiger partial charge >= 0.3 is 11.9 Å².